The maximum absolute atomic E-state index is 13.0. The summed E-state index contributed by atoms with van der Waals surface area (Å²) in [5, 5.41) is 24.3. The zero-order valence-corrected chi connectivity index (χ0v) is 14.9. The van der Waals surface area contributed by atoms with Crippen molar-refractivity contribution in [1.29, 1.82) is 0 Å². The van der Waals surface area contributed by atoms with Crippen LogP contribution >= 0.6 is 0 Å². The SMILES string of the molecule is Cc1cccc(N2CCC(=Nc3c([N+](=O)[O-])cc(C(F)(F)F)cc3[N+](=O)[O-])N2)c1. The zero-order valence-electron chi connectivity index (χ0n) is 14.9. The highest BCUT2D eigenvalue weighted by molar-refractivity contribution is 5.91. The van der Waals surface area contributed by atoms with Crippen molar-refractivity contribution in [1.82, 2.24) is 5.43 Å². The summed E-state index contributed by atoms with van der Waals surface area (Å²) in [6, 6.07) is 7.90. The number of nitro groups is 2. The second-order valence-electron chi connectivity index (χ2n) is 6.29. The van der Waals surface area contributed by atoms with Crippen molar-refractivity contribution in [3.8, 4) is 0 Å². The van der Waals surface area contributed by atoms with Crippen LogP contribution in [0.2, 0.25) is 0 Å². The number of benzene rings is 2. The molecule has 1 N–H and O–H groups in total. The minimum absolute atomic E-state index is 0.164. The number of aliphatic imine (C=N–C) groups is 1. The van der Waals surface area contributed by atoms with Crippen molar-refractivity contribution in [3.05, 3.63) is 67.8 Å². The number of aryl methyl sites for hydroxylation is 1. The Morgan fingerprint density at radius 1 is 1.10 bits per heavy atom. The van der Waals surface area contributed by atoms with E-state index in [9.17, 15) is 33.4 Å². The summed E-state index contributed by atoms with van der Waals surface area (Å²) in [6.45, 7) is 2.31. The van der Waals surface area contributed by atoms with E-state index in [1.807, 2.05) is 31.2 Å². The molecule has 0 amide bonds. The average molecular weight is 409 g/mol. The molecule has 29 heavy (non-hydrogen) atoms. The fourth-order valence-corrected chi connectivity index (χ4v) is 2.85. The molecule has 2 aromatic rings. The van der Waals surface area contributed by atoms with E-state index in [1.165, 1.54) is 0 Å². The van der Waals surface area contributed by atoms with Gasteiger partial charge in [0.2, 0.25) is 5.69 Å². The van der Waals surface area contributed by atoms with Crippen molar-refractivity contribution >= 4 is 28.6 Å². The Morgan fingerprint density at radius 2 is 1.72 bits per heavy atom. The molecule has 0 aliphatic carbocycles. The predicted molar refractivity (Wildman–Crippen MR) is 98.1 cm³/mol. The summed E-state index contributed by atoms with van der Waals surface area (Å²) in [6.07, 6.45) is -4.71. The van der Waals surface area contributed by atoms with Crippen LogP contribution in [0.5, 0.6) is 0 Å². The molecule has 0 radical (unpaired) electrons. The predicted octanol–water partition coefficient (Wildman–Crippen LogP) is 4.28. The van der Waals surface area contributed by atoms with Crippen molar-refractivity contribution in [2.45, 2.75) is 19.5 Å². The molecule has 1 fully saturated rings. The molecule has 0 saturated carbocycles. The van der Waals surface area contributed by atoms with Crippen LogP contribution in [-0.4, -0.2) is 22.2 Å². The molecule has 1 heterocycles. The Bertz CT molecular complexity index is 987. The van der Waals surface area contributed by atoms with E-state index >= 15 is 0 Å². The summed E-state index contributed by atoms with van der Waals surface area (Å²) >= 11 is 0. The number of nitro benzene ring substituents is 2. The molecule has 0 bridgehead atoms. The molecule has 1 saturated heterocycles. The van der Waals surface area contributed by atoms with Gasteiger partial charge in [-0.05, 0) is 24.6 Å². The van der Waals surface area contributed by atoms with Gasteiger partial charge in [-0.15, -0.1) is 0 Å². The first-order valence-corrected chi connectivity index (χ1v) is 8.28. The third-order valence-electron chi connectivity index (χ3n) is 4.19. The molecule has 1 aliphatic rings. The second kappa shape index (κ2) is 7.37. The van der Waals surface area contributed by atoms with Crippen molar-refractivity contribution in [2.75, 3.05) is 11.6 Å². The molecule has 2 aromatic carbocycles. The number of halogens is 3. The standard InChI is InChI=1S/C17H14F3N5O4/c1-10-3-2-4-12(7-10)23-6-5-15(22-23)21-16-13(24(26)27)8-11(17(18,19)20)9-14(16)25(28)29/h2-4,7-9H,5-6H2,1H3,(H,21,22). The van der Waals surface area contributed by atoms with Gasteiger partial charge in [0.15, 0.2) is 0 Å². The van der Waals surface area contributed by atoms with E-state index in [0.717, 1.165) is 11.3 Å². The largest absolute Gasteiger partial charge is 0.416 e. The van der Waals surface area contributed by atoms with Gasteiger partial charge in [-0.25, -0.2) is 4.99 Å². The van der Waals surface area contributed by atoms with Crippen LogP contribution in [0.15, 0.2) is 41.4 Å². The van der Waals surface area contributed by atoms with E-state index in [0.29, 0.717) is 6.54 Å². The van der Waals surface area contributed by atoms with Crippen LogP contribution < -0.4 is 10.4 Å². The Morgan fingerprint density at radius 3 is 2.24 bits per heavy atom. The highest BCUT2D eigenvalue weighted by Gasteiger charge is 2.38. The Hall–Kier alpha value is -3.70. The van der Waals surface area contributed by atoms with E-state index in [-0.39, 0.29) is 24.4 Å². The summed E-state index contributed by atoms with van der Waals surface area (Å²) in [4.78, 5) is 24.3. The lowest BCUT2D eigenvalue weighted by Gasteiger charge is -2.18. The lowest BCUT2D eigenvalue weighted by Crippen LogP contribution is -2.33. The van der Waals surface area contributed by atoms with Crippen LogP contribution in [0.1, 0.15) is 17.5 Å². The molecule has 0 unspecified atom stereocenters. The number of amidine groups is 1. The van der Waals surface area contributed by atoms with Gasteiger partial charge < -0.3 is 0 Å². The second-order valence-corrected chi connectivity index (χ2v) is 6.29. The monoisotopic (exact) mass is 409 g/mol. The number of nitrogens with one attached hydrogen (secondary N) is 1. The topological polar surface area (TPSA) is 114 Å². The summed E-state index contributed by atoms with van der Waals surface area (Å²) in [5.74, 6) is 0.164. The van der Waals surface area contributed by atoms with Gasteiger partial charge in [-0.1, -0.05) is 12.1 Å². The molecule has 0 atom stereocenters. The van der Waals surface area contributed by atoms with Gasteiger partial charge in [0.05, 0.1) is 21.1 Å². The third-order valence-corrected chi connectivity index (χ3v) is 4.19. The van der Waals surface area contributed by atoms with Crippen LogP contribution in [-0.2, 0) is 6.18 Å². The molecule has 0 spiro atoms. The fourth-order valence-electron chi connectivity index (χ4n) is 2.85. The first-order valence-electron chi connectivity index (χ1n) is 8.28. The lowest BCUT2D eigenvalue weighted by molar-refractivity contribution is -0.392. The Balaban J connectivity index is 2.04. The summed E-state index contributed by atoms with van der Waals surface area (Å²) < 4.78 is 38.9. The minimum Gasteiger partial charge on any atom is -0.286 e. The molecule has 152 valence electrons. The average Bonchev–Trinajstić information content (AvgIpc) is 3.09. The van der Waals surface area contributed by atoms with E-state index in [1.54, 1.807) is 5.01 Å². The van der Waals surface area contributed by atoms with Crippen molar-refractivity contribution in [2.24, 2.45) is 4.99 Å². The maximum Gasteiger partial charge on any atom is 0.416 e. The van der Waals surface area contributed by atoms with Crippen LogP contribution in [0.3, 0.4) is 0 Å². The molecular weight excluding hydrogens is 395 g/mol. The number of hydrogen-bond acceptors (Lipinski definition) is 6. The van der Waals surface area contributed by atoms with Gasteiger partial charge in [0.1, 0.15) is 5.84 Å². The quantitative estimate of drug-likeness (QED) is 0.596. The van der Waals surface area contributed by atoms with Gasteiger partial charge in [0.25, 0.3) is 0 Å². The van der Waals surface area contributed by atoms with Gasteiger partial charge in [-0.2, -0.15) is 13.2 Å². The summed E-state index contributed by atoms with van der Waals surface area (Å²) in [7, 11) is 0. The van der Waals surface area contributed by atoms with Crippen molar-refractivity contribution < 1.29 is 23.0 Å². The Labute approximate surface area is 161 Å². The molecule has 3 rings (SSSR count). The molecule has 9 nitrogen and oxygen atoms in total. The normalized spacial score (nSPS) is 15.4. The number of alkyl halides is 3. The number of hydrogen-bond donors (Lipinski definition) is 1. The zero-order chi connectivity index (χ0) is 21.3. The molecule has 12 heteroatoms. The van der Waals surface area contributed by atoms with E-state index < -0.39 is 38.6 Å². The lowest BCUT2D eigenvalue weighted by atomic mass is 10.1. The number of hydrazine groups is 1. The first-order chi connectivity index (χ1) is 13.6. The molecule has 0 aromatic heterocycles. The highest BCUT2D eigenvalue weighted by Crippen LogP contribution is 2.43. The maximum atomic E-state index is 13.0. The van der Waals surface area contributed by atoms with Gasteiger partial charge in [-0.3, -0.25) is 30.7 Å². The number of nitrogens with zero attached hydrogens (tertiary/aromatic N) is 4. The van der Waals surface area contributed by atoms with Crippen LogP contribution in [0.4, 0.5) is 35.9 Å². The first kappa shape index (κ1) is 20.0. The molecular formula is C17H14F3N5O4. The van der Waals surface area contributed by atoms with Gasteiger partial charge in [0, 0.05) is 25.1 Å². The van der Waals surface area contributed by atoms with Crippen LogP contribution in [0, 0.1) is 27.2 Å². The van der Waals surface area contributed by atoms with Crippen LogP contribution in [0.25, 0.3) is 0 Å². The minimum atomic E-state index is -4.98. The van der Waals surface area contributed by atoms with E-state index in [2.05, 4.69) is 10.4 Å². The highest BCUT2D eigenvalue weighted by atomic mass is 19.4. The fraction of sp³-hybridized carbons (Fsp3) is 0.235. The molecule has 1 aliphatic heterocycles. The van der Waals surface area contributed by atoms with Gasteiger partial charge >= 0.3 is 17.6 Å². The van der Waals surface area contributed by atoms with Crippen molar-refractivity contribution in [3.63, 3.8) is 0 Å². The third kappa shape index (κ3) is 4.25. The summed E-state index contributed by atoms with van der Waals surface area (Å²) in [5.41, 5.74) is 0.253. The Kier molecular flexibility index (Phi) is 5.10. The smallest absolute Gasteiger partial charge is 0.286 e. The number of anilines is 1. The van der Waals surface area contributed by atoms with E-state index in [4.69, 9.17) is 0 Å². The number of rotatable bonds is 4.